The van der Waals surface area contributed by atoms with Gasteiger partial charge < -0.3 is 25.6 Å². The van der Waals surface area contributed by atoms with Gasteiger partial charge in [0.1, 0.15) is 0 Å². The van der Waals surface area contributed by atoms with E-state index in [4.69, 9.17) is 4.74 Å². The Morgan fingerprint density at radius 3 is 2.39 bits per heavy atom. The van der Waals surface area contributed by atoms with Crippen LogP contribution in [0.2, 0.25) is 0 Å². The van der Waals surface area contributed by atoms with E-state index >= 15 is 0 Å². The molecule has 2 aliphatic rings. The maximum atomic E-state index is 13.3. The van der Waals surface area contributed by atoms with Crippen molar-refractivity contribution in [3.63, 3.8) is 0 Å². The molecule has 1 fully saturated rings. The summed E-state index contributed by atoms with van der Waals surface area (Å²) in [5, 5.41) is 9.29. The molecule has 3 aromatic carbocycles. The van der Waals surface area contributed by atoms with E-state index in [1.807, 2.05) is 60.4 Å². The Kier molecular flexibility index (Phi) is 9.40. The van der Waals surface area contributed by atoms with Gasteiger partial charge in [-0.2, -0.15) is 0 Å². The Labute approximate surface area is 257 Å². The number of hydrogen-bond acceptors (Lipinski definition) is 7. The second-order valence-electron chi connectivity index (χ2n) is 10.9. The molecule has 228 valence electrons. The lowest BCUT2D eigenvalue weighted by molar-refractivity contribution is -0.128. The van der Waals surface area contributed by atoms with Crippen LogP contribution in [-0.2, 0) is 14.3 Å². The molecule has 0 saturated carbocycles. The first kappa shape index (κ1) is 30.5. The molecule has 0 spiro atoms. The number of anilines is 2. The minimum atomic E-state index is -0.467. The van der Waals surface area contributed by atoms with Crippen LogP contribution in [0.1, 0.15) is 50.8 Å². The summed E-state index contributed by atoms with van der Waals surface area (Å²) in [6, 6.07) is 20.1. The van der Waals surface area contributed by atoms with Crippen LogP contribution in [0.5, 0.6) is 0 Å². The highest BCUT2D eigenvalue weighted by atomic mass is 16.5. The molecule has 3 amide bonds. The van der Waals surface area contributed by atoms with Crippen molar-refractivity contribution < 1.29 is 23.9 Å². The maximum Gasteiger partial charge on any atom is 0.338 e. The summed E-state index contributed by atoms with van der Waals surface area (Å²) < 4.78 is 4.90. The standard InChI is InChI=1S/C34H37N5O5/c1-22-20-28-29(21-27(22)34(43)44-3)37-33(42)30(28)31(24-8-5-4-6-9-24)36-26-12-10-25(11-13-26)32(41)35-14-17-38-15-7-16-39(19-18-38)23(2)40/h4-6,8-13,20-21,36H,7,14-19H2,1-3H3,(H,35,41)(H,37,42)/b31-30-. The Hall–Kier alpha value is -4.96. The monoisotopic (exact) mass is 595 g/mol. The van der Waals surface area contributed by atoms with Gasteiger partial charge in [0.25, 0.3) is 11.8 Å². The molecular weight excluding hydrogens is 558 g/mol. The van der Waals surface area contributed by atoms with Crippen molar-refractivity contribution >= 4 is 46.3 Å². The van der Waals surface area contributed by atoms with E-state index in [-0.39, 0.29) is 17.7 Å². The zero-order chi connectivity index (χ0) is 31.2. The van der Waals surface area contributed by atoms with Crippen molar-refractivity contribution in [2.24, 2.45) is 0 Å². The van der Waals surface area contributed by atoms with Gasteiger partial charge in [-0.1, -0.05) is 30.3 Å². The molecule has 0 bridgehead atoms. The molecule has 0 radical (unpaired) electrons. The number of benzene rings is 3. The maximum absolute atomic E-state index is 13.3. The molecule has 2 aliphatic heterocycles. The molecule has 1 saturated heterocycles. The lowest BCUT2D eigenvalue weighted by Crippen LogP contribution is -2.37. The number of carbonyl (C=O) groups is 4. The second-order valence-corrected chi connectivity index (χ2v) is 10.9. The van der Waals surface area contributed by atoms with E-state index < -0.39 is 5.97 Å². The summed E-state index contributed by atoms with van der Waals surface area (Å²) >= 11 is 0. The molecule has 3 N–H and O–H groups in total. The lowest BCUT2D eigenvalue weighted by atomic mass is 9.96. The number of rotatable bonds is 8. The first-order valence-electron chi connectivity index (χ1n) is 14.7. The third kappa shape index (κ3) is 6.81. The van der Waals surface area contributed by atoms with Crippen LogP contribution >= 0.6 is 0 Å². The first-order valence-corrected chi connectivity index (χ1v) is 14.7. The Morgan fingerprint density at radius 2 is 1.68 bits per heavy atom. The number of methoxy groups -OCH3 is 1. The van der Waals surface area contributed by atoms with E-state index in [9.17, 15) is 19.2 Å². The molecule has 3 aromatic rings. The van der Waals surface area contributed by atoms with Crippen LogP contribution in [0.3, 0.4) is 0 Å². The van der Waals surface area contributed by atoms with E-state index in [1.54, 1.807) is 25.1 Å². The normalized spacial score (nSPS) is 16.0. The van der Waals surface area contributed by atoms with Gasteiger partial charge in [0.15, 0.2) is 0 Å². The summed E-state index contributed by atoms with van der Waals surface area (Å²) in [7, 11) is 1.33. The second kappa shape index (κ2) is 13.6. The molecule has 10 nitrogen and oxygen atoms in total. The van der Waals surface area contributed by atoms with Gasteiger partial charge in [-0.15, -0.1) is 0 Å². The van der Waals surface area contributed by atoms with Crippen LogP contribution in [-0.4, -0.2) is 79.9 Å². The van der Waals surface area contributed by atoms with Crippen molar-refractivity contribution in [3.8, 4) is 0 Å². The molecule has 2 heterocycles. The average Bonchev–Trinajstić information content (AvgIpc) is 3.17. The number of amides is 3. The zero-order valence-electron chi connectivity index (χ0n) is 25.2. The average molecular weight is 596 g/mol. The molecule has 44 heavy (non-hydrogen) atoms. The van der Waals surface area contributed by atoms with Gasteiger partial charge >= 0.3 is 5.97 Å². The highest BCUT2D eigenvalue weighted by Gasteiger charge is 2.30. The molecule has 0 aliphatic carbocycles. The highest BCUT2D eigenvalue weighted by molar-refractivity contribution is 6.37. The highest BCUT2D eigenvalue weighted by Crippen LogP contribution is 2.39. The molecule has 0 unspecified atom stereocenters. The van der Waals surface area contributed by atoms with Crippen LogP contribution in [0, 0.1) is 6.92 Å². The van der Waals surface area contributed by atoms with Crippen molar-refractivity contribution in [1.82, 2.24) is 15.1 Å². The minimum absolute atomic E-state index is 0.103. The fourth-order valence-corrected chi connectivity index (χ4v) is 5.58. The third-order valence-electron chi connectivity index (χ3n) is 7.99. The predicted molar refractivity (Wildman–Crippen MR) is 170 cm³/mol. The number of fused-ring (bicyclic) bond motifs is 1. The van der Waals surface area contributed by atoms with Crippen molar-refractivity contribution in [1.29, 1.82) is 0 Å². The number of aryl methyl sites for hydroxylation is 1. The fraction of sp³-hybridized carbons (Fsp3) is 0.294. The van der Waals surface area contributed by atoms with Crippen molar-refractivity contribution in [2.45, 2.75) is 20.3 Å². The van der Waals surface area contributed by atoms with Gasteiger partial charge in [-0.3, -0.25) is 19.3 Å². The Bertz CT molecular complexity index is 1600. The van der Waals surface area contributed by atoms with Gasteiger partial charge in [0, 0.05) is 56.5 Å². The zero-order valence-corrected chi connectivity index (χ0v) is 25.2. The molecule has 10 heteroatoms. The Balaban J connectivity index is 1.31. The topological polar surface area (TPSA) is 120 Å². The minimum Gasteiger partial charge on any atom is -0.465 e. The third-order valence-corrected chi connectivity index (χ3v) is 7.99. The van der Waals surface area contributed by atoms with Crippen LogP contribution in [0.4, 0.5) is 11.4 Å². The fourth-order valence-electron chi connectivity index (χ4n) is 5.58. The van der Waals surface area contributed by atoms with E-state index in [0.717, 1.165) is 38.2 Å². The quantitative estimate of drug-likeness (QED) is 0.266. The molecule has 5 rings (SSSR count). The van der Waals surface area contributed by atoms with Gasteiger partial charge in [-0.05, 0) is 67.4 Å². The smallest absolute Gasteiger partial charge is 0.338 e. The Morgan fingerprint density at radius 1 is 0.932 bits per heavy atom. The largest absolute Gasteiger partial charge is 0.465 e. The van der Waals surface area contributed by atoms with E-state index in [0.29, 0.717) is 58.0 Å². The van der Waals surface area contributed by atoms with Gasteiger partial charge in [-0.25, -0.2) is 4.79 Å². The number of carbonyl (C=O) groups excluding carboxylic acids is 4. The van der Waals surface area contributed by atoms with Crippen molar-refractivity contribution in [3.05, 3.63) is 94.5 Å². The number of nitrogens with one attached hydrogen (secondary N) is 3. The van der Waals surface area contributed by atoms with Crippen LogP contribution < -0.4 is 16.0 Å². The molecule has 0 atom stereocenters. The lowest BCUT2D eigenvalue weighted by Gasteiger charge is -2.21. The summed E-state index contributed by atoms with van der Waals surface area (Å²) in [6.45, 7) is 7.81. The first-order chi connectivity index (χ1) is 21.2. The SMILES string of the molecule is COC(=O)c1cc2c(cc1C)/C(=C(/Nc1ccc(C(=O)NCCN3CCCN(C(C)=O)CC3)cc1)c1ccccc1)C(=O)N2. The molecular formula is C34H37N5O5. The number of esters is 1. The number of hydrogen-bond donors (Lipinski definition) is 3. The van der Waals surface area contributed by atoms with E-state index in [1.165, 1.54) is 7.11 Å². The van der Waals surface area contributed by atoms with Gasteiger partial charge in [0.05, 0.1) is 29.6 Å². The molecule has 0 aromatic heterocycles. The summed E-state index contributed by atoms with van der Waals surface area (Å²) in [4.78, 5) is 54.2. The van der Waals surface area contributed by atoms with E-state index in [2.05, 4.69) is 20.9 Å². The number of ether oxygens (including phenoxy) is 1. The van der Waals surface area contributed by atoms with Crippen LogP contribution in [0.25, 0.3) is 11.3 Å². The van der Waals surface area contributed by atoms with Crippen LogP contribution in [0.15, 0.2) is 66.7 Å². The summed E-state index contributed by atoms with van der Waals surface area (Å²) in [6.07, 6.45) is 0.921. The summed E-state index contributed by atoms with van der Waals surface area (Å²) in [5.74, 6) is -0.821. The van der Waals surface area contributed by atoms with Gasteiger partial charge in [0.2, 0.25) is 5.91 Å². The number of nitrogens with zero attached hydrogens (tertiary/aromatic N) is 2. The predicted octanol–water partition coefficient (Wildman–Crippen LogP) is 4.00. The summed E-state index contributed by atoms with van der Waals surface area (Å²) in [5.41, 5.74) is 5.40. The van der Waals surface area contributed by atoms with Crippen molar-refractivity contribution in [2.75, 3.05) is 57.0 Å².